The Morgan fingerprint density at radius 1 is 1.70 bits per heavy atom. The third kappa shape index (κ3) is 1.68. The minimum absolute atomic E-state index is 0.251. The fourth-order valence-electron chi connectivity index (χ4n) is 1.10. The highest BCUT2D eigenvalue weighted by molar-refractivity contribution is 4.74. The molecule has 2 atom stereocenters. The Morgan fingerprint density at radius 2 is 2.40 bits per heavy atom. The van der Waals surface area contributed by atoms with Crippen molar-refractivity contribution in [3.8, 4) is 0 Å². The van der Waals surface area contributed by atoms with Crippen molar-refractivity contribution in [1.29, 1.82) is 0 Å². The van der Waals surface area contributed by atoms with Crippen molar-refractivity contribution in [2.45, 2.75) is 19.1 Å². The number of likely N-dealkylation sites (N-methyl/N-ethyl adjacent to an activating group) is 1. The van der Waals surface area contributed by atoms with Crippen LogP contribution >= 0.6 is 0 Å². The molecule has 3 nitrogen and oxygen atoms in total. The Bertz CT molecular complexity index is 108. The maximum Gasteiger partial charge on any atom is 0.0824 e. The smallest absolute Gasteiger partial charge is 0.0824 e. The van der Waals surface area contributed by atoms with Gasteiger partial charge in [0.05, 0.1) is 12.7 Å². The van der Waals surface area contributed by atoms with Crippen LogP contribution in [-0.4, -0.2) is 43.8 Å². The molecular weight excluding hydrogens is 128 g/mol. The zero-order chi connectivity index (χ0) is 7.56. The van der Waals surface area contributed by atoms with Gasteiger partial charge in [0.2, 0.25) is 0 Å². The van der Waals surface area contributed by atoms with Gasteiger partial charge in [-0.2, -0.15) is 0 Å². The van der Waals surface area contributed by atoms with Crippen LogP contribution in [0.1, 0.15) is 6.92 Å². The first-order valence-electron chi connectivity index (χ1n) is 3.76. The molecular formula is C7H16N2O. The van der Waals surface area contributed by atoms with E-state index in [1.165, 1.54) is 0 Å². The first kappa shape index (κ1) is 7.98. The van der Waals surface area contributed by atoms with Gasteiger partial charge >= 0.3 is 0 Å². The molecule has 1 fully saturated rings. The summed E-state index contributed by atoms with van der Waals surface area (Å²) >= 11 is 0. The highest BCUT2D eigenvalue weighted by atomic mass is 16.5. The average molecular weight is 144 g/mol. The van der Waals surface area contributed by atoms with Gasteiger partial charge in [-0.05, 0) is 14.0 Å². The monoisotopic (exact) mass is 144 g/mol. The Labute approximate surface area is 62.1 Å². The summed E-state index contributed by atoms with van der Waals surface area (Å²) in [7, 11) is 2.11. The summed E-state index contributed by atoms with van der Waals surface area (Å²) in [5.74, 6) is 0. The zero-order valence-corrected chi connectivity index (χ0v) is 6.71. The number of nitrogens with two attached hydrogens (primary N) is 1. The molecule has 60 valence electrons. The third-order valence-corrected chi connectivity index (χ3v) is 2.08. The normalized spacial score (nSPS) is 36.3. The van der Waals surface area contributed by atoms with E-state index in [0.29, 0.717) is 12.6 Å². The molecule has 1 rings (SSSR count). The predicted molar refractivity (Wildman–Crippen MR) is 40.9 cm³/mol. The van der Waals surface area contributed by atoms with Crippen molar-refractivity contribution < 1.29 is 4.74 Å². The van der Waals surface area contributed by atoms with E-state index in [1.807, 2.05) is 0 Å². The van der Waals surface area contributed by atoms with Crippen LogP contribution in [0, 0.1) is 0 Å². The average Bonchev–Trinajstić information content (AvgIpc) is 1.95. The van der Waals surface area contributed by atoms with Crippen molar-refractivity contribution in [2.75, 3.05) is 26.7 Å². The lowest BCUT2D eigenvalue weighted by Crippen LogP contribution is -2.48. The lowest BCUT2D eigenvalue weighted by Gasteiger charge is -2.34. The first-order valence-corrected chi connectivity index (χ1v) is 3.76. The lowest BCUT2D eigenvalue weighted by molar-refractivity contribution is -0.0432. The summed E-state index contributed by atoms with van der Waals surface area (Å²) in [4.78, 5) is 2.28. The second kappa shape index (κ2) is 3.32. The van der Waals surface area contributed by atoms with Crippen molar-refractivity contribution >= 4 is 0 Å². The molecule has 0 saturated carbocycles. The van der Waals surface area contributed by atoms with Crippen molar-refractivity contribution in [3.63, 3.8) is 0 Å². The predicted octanol–water partition coefficient (Wildman–Crippen LogP) is -0.336. The standard InChI is InChI=1S/C7H16N2O/c1-6-5-10-7(3-8)4-9(6)2/h6-7H,3-5,8H2,1-2H3. The minimum atomic E-state index is 0.251. The number of hydrogen-bond acceptors (Lipinski definition) is 3. The van der Waals surface area contributed by atoms with E-state index >= 15 is 0 Å². The third-order valence-electron chi connectivity index (χ3n) is 2.08. The second-order valence-corrected chi connectivity index (χ2v) is 2.98. The van der Waals surface area contributed by atoms with E-state index in [0.717, 1.165) is 13.2 Å². The van der Waals surface area contributed by atoms with E-state index in [1.54, 1.807) is 0 Å². The fraction of sp³-hybridized carbons (Fsp3) is 1.00. The molecule has 1 heterocycles. The molecule has 0 spiro atoms. The van der Waals surface area contributed by atoms with Crippen LogP contribution in [0.25, 0.3) is 0 Å². The van der Waals surface area contributed by atoms with E-state index in [9.17, 15) is 0 Å². The SMILES string of the molecule is CC1COC(CN)CN1C. The van der Waals surface area contributed by atoms with E-state index < -0.39 is 0 Å². The minimum Gasteiger partial charge on any atom is -0.374 e. The van der Waals surface area contributed by atoms with Crippen LogP contribution in [0.3, 0.4) is 0 Å². The molecule has 10 heavy (non-hydrogen) atoms. The molecule has 0 amide bonds. The molecule has 0 bridgehead atoms. The van der Waals surface area contributed by atoms with Crippen LogP contribution in [0.2, 0.25) is 0 Å². The highest BCUT2D eigenvalue weighted by Crippen LogP contribution is 2.07. The Morgan fingerprint density at radius 3 is 2.90 bits per heavy atom. The molecule has 1 aliphatic rings. The van der Waals surface area contributed by atoms with Crippen LogP contribution in [-0.2, 0) is 4.74 Å². The number of morpholine rings is 1. The molecule has 0 aromatic heterocycles. The molecule has 3 heteroatoms. The fourth-order valence-corrected chi connectivity index (χ4v) is 1.10. The summed E-state index contributed by atoms with van der Waals surface area (Å²) in [5.41, 5.74) is 5.46. The van der Waals surface area contributed by atoms with Gasteiger partial charge in [0, 0.05) is 19.1 Å². The van der Waals surface area contributed by atoms with Gasteiger partial charge < -0.3 is 10.5 Å². The Kier molecular flexibility index (Phi) is 2.65. The lowest BCUT2D eigenvalue weighted by atomic mass is 10.2. The number of rotatable bonds is 1. The molecule has 2 N–H and O–H groups in total. The molecule has 2 unspecified atom stereocenters. The Balaban J connectivity index is 2.33. The van der Waals surface area contributed by atoms with E-state index in [2.05, 4.69) is 18.9 Å². The van der Waals surface area contributed by atoms with Gasteiger partial charge in [-0.15, -0.1) is 0 Å². The summed E-state index contributed by atoms with van der Waals surface area (Å²) < 4.78 is 5.44. The van der Waals surface area contributed by atoms with Gasteiger partial charge in [-0.3, -0.25) is 4.90 Å². The molecule has 0 aliphatic carbocycles. The van der Waals surface area contributed by atoms with E-state index in [-0.39, 0.29) is 6.10 Å². The van der Waals surface area contributed by atoms with E-state index in [4.69, 9.17) is 10.5 Å². The van der Waals surface area contributed by atoms with Gasteiger partial charge in [0.25, 0.3) is 0 Å². The molecule has 0 radical (unpaired) electrons. The van der Waals surface area contributed by atoms with Gasteiger partial charge in [-0.1, -0.05) is 0 Å². The molecule has 1 saturated heterocycles. The van der Waals surface area contributed by atoms with Crippen molar-refractivity contribution in [2.24, 2.45) is 5.73 Å². The van der Waals surface area contributed by atoms with Crippen LogP contribution < -0.4 is 5.73 Å². The molecule has 1 aliphatic heterocycles. The van der Waals surface area contributed by atoms with Crippen molar-refractivity contribution in [3.05, 3.63) is 0 Å². The molecule has 0 aromatic carbocycles. The van der Waals surface area contributed by atoms with Crippen LogP contribution in [0.15, 0.2) is 0 Å². The number of nitrogens with zero attached hydrogens (tertiary/aromatic N) is 1. The summed E-state index contributed by atoms with van der Waals surface area (Å²) in [6.45, 7) is 4.58. The van der Waals surface area contributed by atoms with Crippen LogP contribution in [0.4, 0.5) is 0 Å². The maximum absolute atomic E-state index is 5.46. The number of hydrogen-bond donors (Lipinski definition) is 1. The quantitative estimate of drug-likeness (QED) is 0.547. The zero-order valence-electron chi connectivity index (χ0n) is 6.71. The first-order chi connectivity index (χ1) is 4.74. The Hall–Kier alpha value is -0.120. The van der Waals surface area contributed by atoms with Gasteiger partial charge in [0.1, 0.15) is 0 Å². The van der Waals surface area contributed by atoms with Crippen molar-refractivity contribution in [1.82, 2.24) is 4.90 Å². The van der Waals surface area contributed by atoms with Gasteiger partial charge in [0.15, 0.2) is 0 Å². The largest absolute Gasteiger partial charge is 0.374 e. The summed E-state index contributed by atoms with van der Waals surface area (Å²) in [6.07, 6.45) is 0.251. The van der Waals surface area contributed by atoms with Crippen LogP contribution in [0.5, 0.6) is 0 Å². The maximum atomic E-state index is 5.46. The number of ether oxygens (including phenoxy) is 1. The second-order valence-electron chi connectivity index (χ2n) is 2.98. The summed E-state index contributed by atoms with van der Waals surface area (Å²) in [5, 5.41) is 0. The van der Waals surface area contributed by atoms with Gasteiger partial charge in [-0.25, -0.2) is 0 Å². The highest BCUT2D eigenvalue weighted by Gasteiger charge is 2.21. The summed E-state index contributed by atoms with van der Waals surface area (Å²) in [6, 6.07) is 0.544. The molecule has 0 aromatic rings. The topological polar surface area (TPSA) is 38.5 Å².